The fraction of sp³-hybridized carbons (Fsp3) is 0.571. The highest BCUT2D eigenvalue weighted by molar-refractivity contribution is 5.62. The lowest BCUT2D eigenvalue weighted by Gasteiger charge is -2.25. The summed E-state index contributed by atoms with van der Waals surface area (Å²) in [5.41, 5.74) is 2.61. The van der Waals surface area contributed by atoms with E-state index >= 15 is 0 Å². The average molecular weight is 251 g/mol. The number of aliphatic hydroxyl groups is 1. The normalized spacial score (nSPS) is 17.9. The van der Waals surface area contributed by atoms with E-state index in [-0.39, 0.29) is 6.61 Å². The molecule has 100 valence electrons. The van der Waals surface area contributed by atoms with Crippen molar-refractivity contribution in [3.05, 3.63) is 23.8 Å². The molecule has 0 aromatic heterocycles. The highest BCUT2D eigenvalue weighted by Crippen LogP contribution is 2.34. The topological polar surface area (TPSA) is 41.9 Å². The van der Waals surface area contributed by atoms with E-state index in [1.807, 2.05) is 6.07 Å². The Balaban J connectivity index is 2.03. The van der Waals surface area contributed by atoms with Crippen molar-refractivity contribution in [3.63, 3.8) is 0 Å². The molecule has 0 spiro atoms. The molecule has 0 aliphatic carbocycles. The summed E-state index contributed by atoms with van der Waals surface area (Å²) in [5, 5.41) is 8.68. The highest BCUT2D eigenvalue weighted by Gasteiger charge is 2.25. The number of rotatable bonds is 6. The van der Waals surface area contributed by atoms with Crippen molar-refractivity contribution >= 4 is 5.69 Å². The van der Waals surface area contributed by atoms with Crippen LogP contribution < -0.4 is 9.64 Å². The number of methoxy groups -OCH3 is 1. The zero-order valence-electron chi connectivity index (χ0n) is 11.1. The number of aliphatic hydroxyl groups excluding tert-OH is 1. The molecular formula is C14H21NO3. The molecule has 1 N–H and O–H groups in total. The van der Waals surface area contributed by atoms with Gasteiger partial charge in [0.1, 0.15) is 5.75 Å². The van der Waals surface area contributed by atoms with Gasteiger partial charge < -0.3 is 19.5 Å². The Kier molecular flexibility index (Phi) is 4.44. The quantitative estimate of drug-likeness (QED) is 0.777. The van der Waals surface area contributed by atoms with Gasteiger partial charge in [0.05, 0.1) is 26.9 Å². The molecule has 4 nitrogen and oxygen atoms in total. The Labute approximate surface area is 108 Å². The highest BCUT2D eigenvalue weighted by atomic mass is 16.5. The number of hydrogen-bond donors (Lipinski definition) is 1. The molecule has 0 saturated heterocycles. The van der Waals surface area contributed by atoms with Crippen molar-refractivity contribution in [2.45, 2.75) is 19.4 Å². The maximum atomic E-state index is 8.68. The molecule has 18 heavy (non-hydrogen) atoms. The van der Waals surface area contributed by atoms with Crippen LogP contribution in [-0.4, -0.2) is 44.6 Å². The van der Waals surface area contributed by atoms with Crippen LogP contribution in [0.25, 0.3) is 0 Å². The average Bonchev–Trinajstić information content (AvgIpc) is 2.70. The van der Waals surface area contributed by atoms with Gasteiger partial charge in [-0.2, -0.15) is 0 Å². The third-order valence-corrected chi connectivity index (χ3v) is 3.36. The van der Waals surface area contributed by atoms with E-state index in [4.69, 9.17) is 14.6 Å². The van der Waals surface area contributed by atoms with Gasteiger partial charge in [0, 0.05) is 24.3 Å². The van der Waals surface area contributed by atoms with Crippen LogP contribution >= 0.6 is 0 Å². The largest absolute Gasteiger partial charge is 0.497 e. The first kappa shape index (κ1) is 13.2. The first-order valence-electron chi connectivity index (χ1n) is 6.38. The lowest BCUT2D eigenvalue weighted by Crippen LogP contribution is -2.32. The third kappa shape index (κ3) is 2.76. The zero-order valence-corrected chi connectivity index (χ0v) is 11.1. The van der Waals surface area contributed by atoms with Crippen LogP contribution in [0.2, 0.25) is 0 Å². The van der Waals surface area contributed by atoms with E-state index in [2.05, 4.69) is 24.0 Å². The van der Waals surface area contributed by atoms with Crippen molar-refractivity contribution < 1.29 is 14.6 Å². The molecule has 1 aromatic carbocycles. The first-order chi connectivity index (χ1) is 8.76. The predicted octanol–water partition coefficient (Wildman–Crippen LogP) is 1.46. The Morgan fingerprint density at radius 2 is 2.22 bits per heavy atom. The van der Waals surface area contributed by atoms with Crippen molar-refractivity contribution in [2.75, 3.05) is 38.4 Å². The van der Waals surface area contributed by atoms with Crippen molar-refractivity contribution in [1.82, 2.24) is 0 Å². The molecule has 1 aliphatic heterocycles. The number of benzene rings is 1. The molecule has 0 bridgehead atoms. The summed E-state index contributed by atoms with van der Waals surface area (Å²) in [6.45, 7) is 4.20. The smallest absolute Gasteiger partial charge is 0.120 e. The second-order valence-electron chi connectivity index (χ2n) is 4.58. The number of anilines is 1. The Bertz CT molecular complexity index is 395. The molecule has 2 rings (SSSR count). The van der Waals surface area contributed by atoms with E-state index in [9.17, 15) is 0 Å². The van der Waals surface area contributed by atoms with Gasteiger partial charge in [0.15, 0.2) is 0 Å². The van der Waals surface area contributed by atoms with Gasteiger partial charge in [0.25, 0.3) is 0 Å². The minimum absolute atomic E-state index is 0.0833. The number of ether oxygens (including phenoxy) is 2. The molecule has 0 radical (unpaired) electrons. The summed E-state index contributed by atoms with van der Waals surface area (Å²) >= 11 is 0. The Hall–Kier alpha value is -1.26. The van der Waals surface area contributed by atoms with Crippen LogP contribution in [0.5, 0.6) is 5.75 Å². The lowest BCUT2D eigenvalue weighted by molar-refractivity contribution is 0.0962. The minimum atomic E-state index is 0.0833. The summed E-state index contributed by atoms with van der Waals surface area (Å²) in [5.74, 6) is 0.893. The number of fused-ring (bicyclic) bond motifs is 1. The fourth-order valence-electron chi connectivity index (χ4n) is 2.45. The van der Waals surface area contributed by atoms with Crippen LogP contribution in [0.3, 0.4) is 0 Å². The minimum Gasteiger partial charge on any atom is -0.497 e. The molecule has 4 heteroatoms. The van der Waals surface area contributed by atoms with E-state index in [0.717, 1.165) is 18.7 Å². The summed E-state index contributed by atoms with van der Waals surface area (Å²) in [6.07, 6.45) is 1.07. The maximum Gasteiger partial charge on any atom is 0.120 e. The molecule has 1 heterocycles. The number of nitrogens with zero attached hydrogens (tertiary/aromatic N) is 1. The molecular weight excluding hydrogens is 230 g/mol. The maximum absolute atomic E-state index is 8.68. The summed E-state index contributed by atoms with van der Waals surface area (Å²) in [4.78, 5) is 2.34. The second-order valence-corrected chi connectivity index (χ2v) is 4.58. The molecule has 0 amide bonds. The predicted molar refractivity (Wildman–Crippen MR) is 71.4 cm³/mol. The fourth-order valence-corrected chi connectivity index (χ4v) is 2.45. The number of hydrogen-bond acceptors (Lipinski definition) is 4. The SMILES string of the molecule is COc1ccc2c(c1)N(CCOCCO)C(C)C2. The zero-order chi connectivity index (χ0) is 13.0. The molecule has 0 saturated carbocycles. The van der Waals surface area contributed by atoms with Crippen molar-refractivity contribution in [3.8, 4) is 5.75 Å². The van der Waals surface area contributed by atoms with Crippen LogP contribution in [0.1, 0.15) is 12.5 Å². The van der Waals surface area contributed by atoms with E-state index < -0.39 is 0 Å². The van der Waals surface area contributed by atoms with Gasteiger partial charge in [0.2, 0.25) is 0 Å². The molecule has 1 atom stereocenters. The molecule has 0 fully saturated rings. The molecule has 1 aromatic rings. The third-order valence-electron chi connectivity index (χ3n) is 3.36. The molecule has 1 unspecified atom stereocenters. The van der Waals surface area contributed by atoms with Crippen LogP contribution in [0.15, 0.2) is 18.2 Å². The van der Waals surface area contributed by atoms with Gasteiger partial charge in [-0.25, -0.2) is 0 Å². The molecule has 1 aliphatic rings. The lowest BCUT2D eigenvalue weighted by atomic mass is 10.1. The van der Waals surface area contributed by atoms with Gasteiger partial charge in [-0.3, -0.25) is 0 Å². The second kappa shape index (κ2) is 6.07. The van der Waals surface area contributed by atoms with Gasteiger partial charge in [-0.05, 0) is 25.0 Å². The van der Waals surface area contributed by atoms with Gasteiger partial charge >= 0.3 is 0 Å². The van der Waals surface area contributed by atoms with E-state index in [1.165, 1.54) is 11.3 Å². The van der Waals surface area contributed by atoms with Crippen LogP contribution in [0.4, 0.5) is 5.69 Å². The summed E-state index contributed by atoms with van der Waals surface area (Å²) in [6, 6.07) is 6.73. The van der Waals surface area contributed by atoms with E-state index in [0.29, 0.717) is 19.3 Å². The standard InChI is InChI=1S/C14H21NO3/c1-11-9-12-3-4-13(17-2)10-14(12)15(11)5-7-18-8-6-16/h3-4,10-11,16H,5-9H2,1-2H3. The Morgan fingerprint density at radius 3 is 2.94 bits per heavy atom. The summed E-state index contributed by atoms with van der Waals surface area (Å²) in [7, 11) is 1.69. The van der Waals surface area contributed by atoms with Crippen LogP contribution in [-0.2, 0) is 11.2 Å². The van der Waals surface area contributed by atoms with Gasteiger partial charge in [-0.15, -0.1) is 0 Å². The Morgan fingerprint density at radius 1 is 1.39 bits per heavy atom. The summed E-state index contributed by atoms with van der Waals surface area (Å²) < 4.78 is 10.6. The monoisotopic (exact) mass is 251 g/mol. The van der Waals surface area contributed by atoms with Crippen molar-refractivity contribution in [2.24, 2.45) is 0 Å². The van der Waals surface area contributed by atoms with E-state index in [1.54, 1.807) is 7.11 Å². The first-order valence-corrected chi connectivity index (χ1v) is 6.38. The van der Waals surface area contributed by atoms with Gasteiger partial charge in [-0.1, -0.05) is 6.07 Å². The van der Waals surface area contributed by atoms with Crippen molar-refractivity contribution in [1.29, 1.82) is 0 Å². The van der Waals surface area contributed by atoms with Crippen LogP contribution in [0, 0.1) is 0 Å².